The predicted molar refractivity (Wildman–Crippen MR) is 68.6 cm³/mol. The molecule has 0 atom stereocenters. The largest absolute Gasteiger partial charge is 0.489 e. The average molecular weight is 243 g/mol. The Morgan fingerprint density at radius 1 is 1.11 bits per heavy atom. The van der Waals surface area contributed by atoms with E-state index in [1.54, 1.807) is 18.2 Å². The Labute approximate surface area is 105 Å². The Kier molecular flexibility index (Phi) is 3.57. The van der Waals surface area contributed by atoms with Gasteiger partial charge < -0.3 is 4.74 Å². The molecule has 0 bridgehead atoms. The van der Waals surface area contributed by atoms with E-state index in [1.807, 2.05) is 31.2 Å². The van der Waals surface area contributed by atoms with Crippen LogP contribution in [0.4, 0.5) is 5.69 Å². The molecule has 0 aliphatic rings. The van der Waals surface area contributed by atoms with Gasteiger partial charge in [-0.15, -0.1) is 0 Å². The van der Waals surface area contributed by atoms with Gasteiger partial charge in [-0.1, -0.05) is 29.8 Å². The topological polar surface area (TPSA) is 52.4 Å². The summed E-state index contributed by atoms with van der Waals surface area (Å²) < 4.78 is 5.53. The van der Waals surface area contributed by atoms with E-state index in [-0.39, 0.29) is 12.3 Å². The van der Waals surface area contributed by atoms with Crippen molar-refractivity contribution in [2.45, 2.75) is 13.5 Å². The van der Waals surface area contributed by atoms with Gasteiger partial charge in [-0.2, -0.15) is 0 Å². The van der Waals surface area contributed by atoms with E-state index in [2.05, 4.69) is 0 Å². The van der Waals surface area contributed by atoms with Crippen molar-refractivity contribution in [2.24, 2.45) is 0 Å². The van der Waals surface area contributed by atoms with Crippen LogP contribution < -0.4 is 4.74 Å². The average Bonchev–Trinajstić information content (AvgIpc) is 2.38. The van der Waals surface area contributed by atoms with Crippen molar-refractivity contribution >= 4 is 5.69 Å². The van der Waals surface area contributed by atoms with Crippen molar-refractivity contribution in [1.29, 1.82) is 0 Å². The van der Waals surface area contributed by atoms with Crippen molar-refractivity contribution in [2.75, 3.05) is 0 Å². The number of rotatable bonds is 4. The van der Waals surface area contributed by atoms with Gasteiger partial charge in [0.2, 0.25) is 0 Å². The zero-order valence-electron chi connectivity index (χ0n) is 10.00. The minimum absolute atomic E-state index is 0.0876. The van der Waals surface area contributed by atoms with Crippen LogP contribution in [0, 0.1) is 17.0 Å². The first kappa shape index (κ1) is 12.1. The zero-order chi connectivity index (χ0) is 13.0. The molecule has 0 spiro atoms. The maximum Gasteiger partial charge on any atom is 0.276 e. The molecule has 0 fully saturated rings. The summed E-state index contributed by atoms with van der Waals surface area (Å²) in [6, 6.07) is 14.2. The van der Waals surface area contributed by atoms with Gasteiger partial charge in [0.05, 0.1) is 10.5 Å². The molecule has 0 aromatic heterocycles. The number of ether oxygens (including phenoxy) is 1. The van der Waals surface area contributed by atoms with E-state index in [9.17, 15) is 10.1 Å². The quantitative estimate of drug-likeness (QED) is 0.610. The van der Waals surface area contributed by atoms with E-state index in [1.165, 1.54) is 6.07 Å². The highest BCUT2D eigenvalue weighted by molar-refractivity contribution is 5.39. The summed E-state index contributed by atoms with van der Waals surface area (Å²) in [6.45, 7) is 2.19. The number of hydrogen-bond donors (Lipinski definition) is 0. The summed E-state index contributed by atoms with van der Waals surface area (Å²) in [5, 5.41) is 10.8. The number of aryl methyl sites for hydroxylation is 1. The van der Waals surface area contributed by atoms with Gasteiger partial charge in [-0.3, -0.25) is 10.1 Å². The molecule has 0 radical (unpaired) electrons. The lowest BCUT2D eigenvalue weighted by Gasteiger charge is -2.06. The molecule has 0 saturated heterocycles. The maximum atomic E-state index is 10.8. The molecule has 18 heavy (non-hydrogen) atoms. The van der Waals surface area contributed by atoms with E-state index in [0.717, 1.165) is 5.56 Å². The maximum absolute atomic E-state index is 10.8. The monoisotopic (exact) mass is 243 g/mol. The Balaban J connectivity index is 2.10. The van der Waals surface area contributed by atoms with Gasteiger partial charge in [-0.25, -0.2) is 0 Å². The molecular weight excluding hydrogens is 230 g/mol. The summed E-state index contributed by atoms with van der Waals surface area (Å²) in [7, 11) is 0. The van der Waals surface area contributed by atoms with Crippen LogP contribution in [0.2, 0.25) is 0 Å². The number of benzene rings is 2. The number of nitro groups is 1. The third-order valence-electron chi connectivity index (χ3n) is 2.60. The van der Waals surface area contributed by atoms with Crippen molar-refractivity contribution < 1.29 is 9.66 Å². The van der Waals surface area contributed by atoms with E-state index in [0.29, 0.717) is 11.3 Å². The van der Waals surface area contributed by atoms with Crippen molar-refractivity contribution in [3.05, 3.63) is 69.8 Å². The van der Waals surface area contributed by atoms with Crippen LogP contribution in [0.1, 0.15) is 11.1 Å². The van der Waals surface area contributed by atoms with Crippen LogP contribution in [-0.2, 0) is 6.61 Å². The second-order valence-electron chi connectivity index (χ2n) is 3.99. The highest BCUT2D eigenvalue weighted by Crippen LogP contribution is 2.20. The van der Waals surface area contributed by atoms with Gasteiger partial charge in [-0.05, 0) is 25.1 Å². The third-order valence-corrected chi connectivity index (χ3v) is 2.60. The summed E-state index contributed by atoms with van der Waals surface area (Å²) >= 11 is 0. The van der Waals surface area contributed by atoms with Crippen molar-refractivity contribution in [1.82, 2.24) is 0 Å². The van der Waals surface area contributed by atoms with Crippen molar-refractivity contribution in [3.63, 3.8) is 0 Å². The van der Waals surface area contributed by atoms with Crippen molar-refractivity contribution in [3.8, 4) is 5.75 Å². The molecule has 0 aliphatic heterocycles. The van der Waals surface area contributed by atoms with Gasteiger partial charge >= 0.3 is 0 Å². The fourth-order valence-corrected chi connectivity index (χ4v) is 1.61. The van der Waals surface area contributed by atoms with E-state index < -0.39 is 4.92 Å². The van der Waals surface area contributed by atoms with Crippen LogP contribution in [-0.4, -0.2) is 4.92 Å². The molecular formula is C14H13NO3. The van der Waals surface area contributed by atoms with Gasteiger partial charge in [0.1, 0.15) is 12.4 Å². The number of nitro benzene ring substituents is 1. The number of para-hydroxylation sites is 1. The second-order valence-corrected chi connectivity index (χ2v) is 3.99. The van der Waals surface area contributed by atoms with Crippen LogP contribution in [0.25, 0.3) is 0 Å². The predicted octanol–water partition coefficient (Wildman–Crippen LogP) is 3.48. The zero-order valence-corrected chi connectivity index (χ0v) is 10.00. The van der Waals surface area contributed by atoms with Crippen LogP contribution >= 0.6 is 0 Å². The molecule has 0 saturated carbocycles. The molecule has 2 rings (SSSR count). The molecule has 0 aliphatic carbocycles. The lowest BCUT2D eigenvalue weighted by atomic mass is 10.2. The molecule has 4 heteroatoms. The standard InChI is InChI=1S/C14H13NO3/c1-11-6-8-13(9-7-11)18-10-12-4-2-3-5-14(12)15(16)17/h2-9H,10H2,1H3. The number of hydrogen-bond acceptors (Lipinski definition) is 3. The Hall–Kier alpha value is -2.36. The summed E-state index contributed by atoms with van der Waals surface area (Å²) in [5.41, 5.74) is 1.81. The first-order valence-corrected chi connectivity index (χ1v) is 5.58. The van der Waals surface area contributed by atoms with E-state index in [4.69, 9.17) is 4.74 Å². The Morgan fingerprint density at radius 2 is 1.78 bits per heavy atom. The number of nitrogens with zero attached hydrogens (tertiary/aromatic N) is 1. The van der Waals surface area contributed by atoms with Gasteiger partial charge in [0.25, 0.3) is 5.69 Å². The van der Waals surface area contributed by atoms with Crippen LogP contribution in [0.5, 0.6) is 5.75 Å². The molecule has 2 aromatic carbocycles. The third kappa shape index (κ3) is 2.85. The van der Waals surface area contributed by atoms with Crippen LogP contribution in [0.3, 0.4) is 0 Å². The lowest BCUT2D eigenvalue weighted by Crippen LogP contribution is -2.00. The Bertz CT molecular complexity index is 549. The first-order chi connectivity index (χ1) is 8.66. The Morgan fingerprint density at radius 3 is 2.44 bits per heavy atom. The molecule has 92 valence electrons. The highest BCUT2D eigenvalue weighted by Gasteiger charge is 2.12. The molecule has 0 heterocycles. The van der Waals surface area contributed by atoms with E-state index >= 15 is 0 Å². The molecule has 0 amide bonds. The minimum atomic E-state index is -0.395. The molecule has 0 unspecified atom stereocenters. The SMILES string of the molecule is Cc1ccc(OCc2ccccc2[N+](=O)[O-])cc1. The molecule has 4 nitrogen and oxygen atoms in total. The van der Waals surface area contributed by atoms with Crippen LogP contribution in [0.15, 0.2) is 48.5 Å². The summed E-state index contributed by atoms with van der Waals surface area (Å²) in [5.74, 6) is 0.707. The first-order valence-electron chi connectivity index (χ1n) is 5.58. The van der Waals surface area contributed by atoms with Gasteiger partial charge in [0.15, 0.2) is 0 Å². The van der Waals surface area contributed by atoms with Gasteiger partial charge in [0, 0.05) is 6.07 Å². The highest BCUT2D eigenvalue weighted by atomic mass is 16.6. The minimum Gasteiger partial charge on any atom is -0.489 e. The summed E-state index contributed by atoms with van der Waals surface area (Å²) in [6.07, 6.45) is 0. The normalized spacial score (nSPS) is 10.1. The molecule has 2 aromatic rings. The second kappa shape index (κ2) is 5.31. The lowest BCUT2D eigenvalue weighted by molar-refractivity contribution is -0.385. The molecule has 0 N–H and O–H groups in total. The fraction of sp³-hybridized carbons (Fsp3) is 0.143. The summed E-state index contributed by atoms with van der Waals surface area (Å²) in [4.78, 5) is 10.4. The smallest absolute Gasteiger partial charge is 0.276 e. The fourth-order valence-electron chi connectivity index (χ4n) is 1.61.